The van der Waals surface area contributed by atoms with Crippen LogP contribution in [0.25, 0.3) is 23.2 Å². The number of nitrogens with one attached hydrogen (secondary N) is 2. The Balaban J connectivity index is 1.06. The molecule has 2 fully saturated rings. The molecule has 190 valence electrons. The maximum absolute atomic E-state index is 13.1. The molecule has 0 bridgehead atoms. The van der Waals surface area contributed by atoms with E-state index in [9.17, 15) is 4.79 Å². The highest BCUT2D eigenvalue weighted by molar-refractivity contribution is 6.02. The predicted molar refractivity (Wildman–Crippen MR) is 142 cm³/mol. The first-order valence-corrected chi connectivity index (χ1v) is 13.5. The second kappa shape index (κ2) is 10.5. The van der Waals surface area contributed by atoms with Crippen molar-refractivity contribution in [1.82, 2.24) is 25.3 Å². The number of carbonyl (C=O) groups is 1. The van der Waals surface area contributed by atoms with Crippen LogP contribution in [0.2, 0.25) is 0 Å². The molecule has 8 heteroatoms. The molecule has 36 heavy (non-hydrogen) atoms. The molecule has 2 saturated heterocycles. The van der Waals surface area contributed by atoms with E-state index < -0.39 is 0 Å². The summed E-state index contributed by atoms with van der Waals surface area (Å²) in [7, 11) is 0. The van der Waals surface area contributed by atoms with E-state index in [4.69, 9.17) is 4.52 Å². The predicted octanol–water partition coefficient (Wildman–Crippen LogP) is 2.26. The number of anilines is 1. The molecule has 3 aliphatic heterocycles. The lowest BCUT2D eigenvalue weighted by Crippen LogP contribution is -2.46. The molecular weight excluding hydrogens is 452 g/mol. The first-order valence-electron chi connectivity index (χ1n) is 13.5. The number of H-pyrrole nitrogens is 1. The van der Waals surface area contributed by atoms with Crippen LogP contribution in [0.3, 0.4) is 0 Å². The van der Waals surface area contributed by atoms with Crippen molar-refractivity contribution in [3.05, 3.63) is 46.8 Å². The third kappa shape index (κ3) is 5.06. The van der Waals surface area contributed by atoms with E-state index in [-0.39, 0.29) is 11.9 Å². The lowest BCUT2D eigenvalue weighted by molar-refractivity contribution is 0.0902. The summed E-state index contributed by atoms with van der Waals surface area (Å²) in [6.07, 6.45) is 13.3. The second-order valence-electron chi connectivity index (χ2n) is 10.4. The van der Waals surface area contributed by atoms with Crippen molar-refractivity contribution in [2.45, 2.75) is 44.6 Å². The summed E-state index contributed by atoms with van der Waals surface area (Å²) < 4.78 is 5.26. The van der Waals surface area contributed by atoms with Gasteiger partial charge in [0, 0.05) is 55.9 Å². The van der Waals surface area contributed by atoms with E-state index in [0.29, 0.717) is 12.2 Å². The molecule has 2 N–H and O–H groups in total. The maximum atomic E-state index is 13.1. The third-order valence-electron chi connectivity index (χ3n) is 7.94. The van der Waals surface area contributed by atoms with E-state index in [0.717, 1.165) is 59.7 Å². The van der Waals surface area contributed by atoms with Crippen molar-refractivity contribution in [3.8, 4) is 0 Å². The van der Waals surface area contributed by atoms with Gasteiger partial charge in [-0.1, -0.05) is 24.1 Å². The van der Waals surface area contributed by atoms with Crippen molar-refractivity contribution in [2.24, 2.45) is 0 Å². The summed E-state index contributed by atoms with van der Waals surface area (Å²) in [5.74, 6) is -0.0179. The summed E-state index contributed by atoms with van der Waals surface area (Å²) in [5.41, 5.74) is 3.45. The lowest BCUT2D eigenvalue weighted by atomic mass is 10.0. The lowest BCUT2D eigenvalue weighted by Gasteiger charge is -2.33. The molecule has 3 aromatic rings. The Kier molecular flexibility index (Phi) is 6.79. The topological polar surface area (TPSA) is 80.6 Å². The van der Waals surface area contributed by atoms with Gasteiger partial charge in [0.2, 0.25) is 0 Å². The highest BCUT2D eigenvalue weighted by Crippen LogP contribution is 2.28. The molecule has 6 rings (SSSR count). The number of aromatic amines is 1. The number of hydrogen-bond donors (Lipinski definition) is 2. The van der Waals surface area contributed by atoms with Gasteiger partial charge in [-0.25, -0.2) is 0 Å². The zero-order valence-electron chi connectivity index (χ0n) is 20.9. The number of likely N-dealkylation sites (tertiary alicyclic amines) is 2. The summed E-state index contributed by atoms with van der Waals surface area (Å²) >= 11 is 0. The summed E-state index contributed by atoms with van der Waals surface area (Å²) in [6.45, 7) is 7.66. The highest BCUT2D eigenvalue weighted by atomic mass is 16.5. The molecule has 1 aromatic carbocycles. The molecule has 0 spiro atoms. The molecule has 0 aliphatic carbocycles. The zero-order valence-corrected chi connectivity index (χ0v) is 20.9. The normalized spacial score (nSPS) is 19.9. The van der Waals surface area contributed by atoms with Crippen LogP contribution in [0.15, 0.2) is 35.0 Å². The van der Waals surface area contributed by atoms with Crippen molar-refractivity contribution >= 4 is 34.8 Å². The summed E-state index contributed by atoms with van der Waals surface area (Å²) in [4.78, 5) is 23.8. The quantitative estimate of drug-likeness (QED) is 0.554. The second-order valence-corrected chi connectivity index (χ2v) is 10.4. The summed E-state index contributed by atoms with van der Waals surface area (Å²) in [5, 5.41) is 9.17. The SMILES string of the molecule is O=C(NC1CCN(CCN2CCCCCC2)CC1)c1cc2c(N3C=c4cnoc4=CC3)cccc2[nH]1. The van der Waals surface area contributed by atoms with Gasteiger partial charge in [-0.2, -0.15) is 0 Å². The van der Waals surface area contributed by atoms with Gasteiger partial charge in [0.05, 0.1) is 17.1 Å². The molecule has 0 unspecified atom stereocenters. The Morgan fingerprint density at radius 1 is 1.06 bits per heavy atom. The smallest absolute Gasteiger partial charge is 0.267 e. The Labute approximate surface area is 211 Å². The van der Waals surface area contributed by atoms with Gasteiger partial charge in [0.25, 0.3) is 5.91 Å². The number of fused-ring (bicyclic) bond motifs is 2. The number of nitrogens with zero attached hydrogens (tertiary/aromatic N) is 4. The standard InChI is InChI=1S/C28H36N6O2/c35-28(30-22-8-13-33(14-9-22)17-16-32-11-3-1-2-4-12-32)25-18-23-24(31-25)6-5-7-26(23)34-15-10-27-21(20-34)19-29-36-27/h5-7,10,18-20,22,31H,1-4,8-9,11-17H2,(H,30,35). The first-order chi connectivity index (χ1) is 17.7. The van der Waals surface area contributed by atoms with Crippen LogP contribution in [0.1, 0.15) is 49.0 Å². The highest BCUT2D eigenvalue weighted by Gasteiger charge is 2.23. The minimum atomic E-state index is -0.0179. The average molecular weight is 489 g/mol. The maximum Gasteiger partial charge on any atom is 0.267 e. The van der Waals surface area contributed by atoms with E-state index >= 15 is 0 Å². The Bertz CT molecular complexity index is 1310. The van der Waals surface area contributed by atoms with Crippen LogP contribution in [0, 0.1) is 0 Å². The van der Waals surface area contributed by atoms with Crippen LogP contribution in [0.4, 0.5) is 5.69 Å². The van der Waals surface area contributed by atoms with Crippen molar-refractivity contribution < 1.29 is 9.32 Å². The first kappa shape index (κ1) is 23.3. The number of hydrogen-bond acceptors (Lipinski definition) is 6. The van der Waals surface area contributed by atoms with Crippen LogP contribution in [-0.4, -0.2) is 77.7 Å². The molecule has 3 aliphatic rings. The molecule has 0 atom stereocenters. The van der Waals surface area contributed by atoms with Crippen LogP contribution in [0.5, 0.6) is 0 Å². The minimum Gasteiger partial charge on any atom is -0.357 e. The fourth-order valence-corrected chi connectivity index (χ4v) is 5.80. The zero-order chi connectivity index (χ0) is 24.3. The third-order valence-corrected chi connectivity index (χ3v) is 7.94. The number of benzene rings is 1. The molecule has 0 radical (unpaired) electrons. The Morgan fingerprint density at radius 3 is 2.64 bits per heavy atom. The van der Waals surface area contributed by atoms with Gasteiger partial charge in [-0.15, -0.1) is 0 Å². The molecule has 8 nitrogen and oxygen atoms in total. The molecule has 1 amide bonds. The van der Waals surface area contributed by atoms with Crippen LogP contribution >= 0.6 is 0 Å². The molecule has 5 heterocycles. The minimum absolute atomic E-state index is 0.0179. The van der Waals surface area contributed by atoms with E-state index in [2.05, 4.69) is 36.2 Å². The number of amides is 1. The van der Waals surface area contributed by atoms with Gasteiger partial charge in [0.1, 0.15) is 5.69 Å². The van der Waals surface area contributed by atoms with Gasteiger partial charge in [-0.3, -0.25) is 4.79 Å². The summed E-state index contributed by atoms with van der Waals surface area (Å²) in [6, 6.07) is 8.34. The molecular formula is C28H36N6O2. The van der Waals surface area contributed by atoms with Gasteiger partial charge < -0.3 is 29.5 Å². The number of rotatable bonds is 6. The fourth-order valence-electron chi connectivity index (χ4n) is 5.80. The largest absolute Gasteiger partial charge is 0.357 e. The van der Waals surface area contributed by atoms with Crippen LogP contribution < -0.4 is 20.9 Å². The van der Waals surface area contributed by atoms with Gasteiger partial charge in [0.15, 0.2) is 5.42 Å². The Morgan fingerprint density at radius 2 is 1.83 bits per heavy atom. The number of carbonyl (C=O) groups excluding carboxylic acids is 1. The number of piperidine rings is 1. The van der Waals surface area contributed by atoms with E-state index in [1.54, 1.807) is 6.20 Å². The fraction of sp³-hybridized carbons (Fsp3) is 0.500. The van der Waals surface area contributed by atoms with Crippen molar-refractivity contribution in [2.75, 3.05) is 50.7 Å². The molecule has 0 saturated carbocycles. The van der Waals surface area contributed by atoms with Crippen molar-refractivity contribution in [1.29, 1.82) is 0 Å². The van der Waals surface area contributed by atoms with Gasteiger partial charge in [-0.05, 0) is 63.0 Å². The van der Waals surface area contributed by atoms with Crippen LogP contribution in [-0.2, 0) is 0 Å². The average Bonchev–Trinajstić information content (AvgIpc) is 3.48. The van der Waals surface area contributed by atoms with Gasteiger partial charge >= 0.3 is 0 Å². The Hall–Kier alpha value is -3.10. The molecule has 2 aromatic heterocycles. The van der Waals surface area contributed by atoms with E-state index in [1.165, 1.54) is 45.3 Å². The van der Waals surface area contributed by atoms with Crippen molar-refractivity contribution in [3.63, 3.8) is 0 Å². The number of aromatic nitrogens is 2. The van der Waals surface area contributed by atoms with E-state index in [1.807, 2.05) is 30.5 Å². The monoisotopic (exact) mass is 488 g/mol.